The molecule has 1 fully saturated rings. The summed E-state index contributed by atoms with van der Waals surface area (Å²) in [4.78, 5) is 0. The Balaban J connectivity index is 2.11. The number of rotatable bonds is 1. The van der Waals surface area contributed by atoms with Gasteiger partial charge in [-0.05, 0) is 24.4 Å². The summed E-state index contributed by atoms with van der Waals surface area (Å²) in [6.45, 7) is 0. The topological polar surface area (TPSA) is 25.8 Å². The predicted molar refractivity (Wildman–Crippen MR) is 50.8 cm³/mol. The first kappa shape index (κ1) is 8.45. The number of aromatic nitrogens is 2. The smallest absolute Gasteiger partial charge is 0.0801 e. The zero-order valence-electron chi connectivity index (χ0n) is 6.74. The molecule has 1 aromatic heterocycles. The lowest BCUT2D eigenvalue weighted by Gasteiger charge is -2.24. The number of nitrogens with zero attached hydrogens (tertiary/aromatic N) is 2. The summed E-state index contributed by atoms with van der Waals surface area (Å²) in [7, 11) is 0. The molecule has 1 aliphatic rings. The molecule has 1 saturated carbocycles. The monoisotopic (exact) mass is 202 g/mol. The maximum Gasteiger partial charge on any atom is 0.0801 e. The van der Waals surface area contributed by atoms with Crippen LogP contribution in [0.5, 0.6) is 0 Å². The lowest BCUT2D eigenvalue weighted by Crippen LogP contribution is -2.17. The molecule has 0 spiro atoms. The molecule has 0 radical (unpaired) electrons. The molecule has 0 saturated heterocycles. The molecule has 12 heavy (non-hydrogen) atoms. The molecule has 0 bridgehead atoms. The fourth-order valence-electron chi connectivity index (χ4n) is 1.75. The third-order valence-electron chi connectivity index (χ3n) is 2.44. The van der Waals surface area contributed by atoms with E-state index in [4.69, 9.17) is 11.6 Å². The van der Waals surface area contributed by atoms with E-state index in [1.165, 1.54) is 30.8 Å². The van der Waals surface area contributed by atoms with E-state index in [0.717, 1.165) is 12.1 Å². The van der Waals surface area contributed by atoms with Gasteiger partial charge in [0.2, 0.25) is 0 Å². The van der Waals surface area contributed by atoms with Gasteiger partial charge in [-0.1, -0.05) is 17.3 Å². The van der Waals surface area contributed by atoms with Gasteiger partial charge in [0.25, 0.3) is 0 Å². The average Bonchev–Trinajstić information content (AvgIpc) is 2.57. The highest BCUT2D eigenvalue weighted by atomic mass is 35.5. The molecule has 0 aliphatic heterocycles. The van der Waals surface area contributed by atoms with Gasteiger partial charge in [-0.25, -0.2) is 0 Å². The van der Waals surface area contributed by atoms with Crippen molar-refractivity contribution in [2.75, 3.05) is 0 Å². The van der Waals surface area contributed by atoms with Crippen molar-refractivity contribution >= 4 is 23.1 Å². The molecule has 1 aromatic rings. The quantitative estimate of drug-likeness (QED) is 0.655. The number of halogens is 1. The van der Waals surface area contributed by atoms with Gasteiger partial charge in [0.05, 0.1) is 5.69 Å². The highest BCUT2D eigenvalue weighted by Gasteiger charge is 2.26. The van der Waals surface area contributed by atoms with Crippen LogP contribution in [0.15, 0.2) is 5.38 Å². The first-order valence-electron chi connectivity index (χ1n) is 4.29. The van der Waals surface area contributed by atoms with Crippen molar-refractivity contribution in [1.29, 1.82) is 0 Å². The van der Waals surface area contributed by atoms with Crippen molar-refractivity contribution in [1.82, 2.24) is 9.59 Å². The second kappa shape index (κ2) is 3.71. The Morgan fingerprint density at radius 1 is 1.42 bits per heavy atom. The molecule has 0 amide bonds. The first-order valence-corrected chi connectivity index (χ1v) is 5.56. The number of alkyl halides is 1. The standard InChI is InChI=1S/C8H11ClN2S/c9-7-4-2-1-3-6(7)8-5-12-11-10-8/h5-7H,1-4H2. The second-order valence-corrected chi connectivity index (χ2v) is 4.41. The van der Waals surface area contributed by atoms with Crippen LogP contribution in [0.25, 0.3) is 0 Å². The van der Waals surface area contributed by atoms with Gasteiger partial charge in [0.1, 0.15) is 0 Å². The van der Waals surface area contributed by atoms with Crippen molar-refractivity contribution in [3.8, 4) is 0 Å². The van der Waals surface area contributed by atoms with Gasteiger partial charge in [-0.3, -0.25) is 0 Å². The molecule has 2 atom stereocenters. The van der Waals surface area contributed by atoms with E-state index in [1.807, 2.05) is 5.38 Å². The zero-order chi connectivity index (χ0) is 8.39. The maximum absolute atomic E-state index is 6.21. The molecule has 2 rings (SSSR count). The summed E-state index contributed by atoms with van der Waals surface area (Å²) in [6.07, 6.45) is 4.86. The fourth-order valence-corrected chi connectivity index (χ4v) is 2.68. The molecule has 2 unspecified atom stereocenters. The van der Waals surface area contributed by atoms with Crippen LogP contribution < -0.4 is 0 Å². The molecule has 66 valence electrons. The molecular weight excluding hydrogens is 192 g/mol. The van der Waals surface area contributed by atoms with E-state index in [0.29, 0.717) is 5.92 Å². The predicted octanol–water partition coefficient (Wildman–Crippen LogP) is 2.80. The van der Waals surface area contributed by atoms with E-state index < -0.39 is 0 Å². The van der Waals surface area contributed by atoms with Crippen LogP contribution in [0.3, 0.4) is 0 Å². The lowest BCUT2D eigenvalue weighted by molar-refractivity contribution is 0.443. The minimum absolute atomic E-state index is 0.280. The Bertz CT molecular complexity index is 237. The minimum atomic E-state index is 0.280. The van der Waals surface area contributed by atoms with Gasteiger partial charge < -0.3 is 0 Å². The van der Waals surface area contributed by atoms with Crippen molar-refractivity contribution in [2.45, 2.75) is 37.0 Å². The fraction of sp³-hybridized carbons (Fsp3) is 0.750. The average molecular weight is 203 g/mol. The maximum atomic E-state index is 6.21. The van der Waals surface area contributed by atoms with Gasteiger partial charge in [-0.15, -0.1) is 16.7 Å². The molecule has 0 aromatic carbocycles. The molecule has 0 N–H and O–H groups in total. The van der Waals surface area contributed by atoms with Crippen LogP contribution in [0.1, 0.15) is 37.3 Å². The summed E-state index contributed by atoms with van der Waals surface area (Å²) in [5.74, 6) is 0.458. The summed E-state index contributed by atoms with van der Waals surface area (Å²) in [5, 5.41) is 6.37. The van der Waals surface area contributed by atoms with Crippen molar-refractivity contribution < 1.29 is 0 Å². The van der Waals surface area contributed by atoms with Crippen molar-refractivity contribution in [3.63, 3.8) is 0 Å². The van der Waals surface area contributed by atoms with Gasteiger partial charge in [-0.2, -0.15) is 0 Å². The van der Waals surface area contributed by atoms with E-state index >= 15 is 0 Å². The Labute approximate surface area is 81.1 Å². The SMILES string of the molecule is ClC1CCCCC1c1csnn1. The second-order valence-electron chi connectivity index (χ2n) is 3.24. The first-order chi connectivity index (χ1) is 5.88. The zero-order valence-corrected chi connectivity index (χ0v) is 8.31. The van der Waals surface area contributed by atoms with Gasteiger partial charge in [0, 0.05) is 16.7 Å². The molecule has 2 nitrogen and oxygen atoms in total. The van der Waals surface area contributed by atoms with Crippen LogP contribution in [0.2, 0.25) is 0 Å². The Morgan fingerprint density at radius 3 is 2.92 bits per heavy atom. The minimum Gasteiger partial charge on any atom is -0.143 e. The largest absolute Gasteiger partial charge is 0.143 e. The Hall–Kier alpha value is -0.150. The molecule has 4 heteroatoms. The van der Waals surface area contributed by atoms with Crippen LogP contribution in [-0.2, 0) is 0 Å². The summed E-state index contributed by atoms with van der Waals surface area (Å²) in [5.41, 5.74) is 1.10. The Kier molecular flexibility index (Phi) is 2.61. The van der Waals surface area contributed by atoms with Crippen molar-refractivity contribution in [2.24, 2.45) is 0 Å². The third-order valence-corrected chi connectivity index (χ3v) is 3.48. The van der Waals surface area contributed by atoms with Gasteiger partial charge >= 0.3 is 0 Å². The lowest BCUT2D eigenvalue weighted by atomic mass is 9.87. The highest BCUT2D eigenvalue weighted by molar-refractivity contribution is 7.03. The van der Waals surface area contributed by atoms with Crippen molar-refractivity contribution in [3.05, 3.63) is 11.1 Å². The molecule has 1 heterocycles. The van der Waals surface area contributed by atoms with Crippen LogP contribution >= 0.6 is 23.1 Å². The number of hydrogen-bond donors (Lipinski definition) is 0. The molecular formula is C8H11ClN2S. The van der Waals surface area contributed by atoms with Crippen LogP contribution in [0, 0.1) is 0 Å². The summed E-state index contributed by atoms with van der Waals surface area (Å²) in [6, 6.07) is 0. The van der Waals surface area contributed by atoms with E-state index in [2.05, 4.69) is 9.59 Å². The summed E-state index contributed by atoms with van der Waals surface area (Å²) >= 11 is 7.63. The number of hydrogen-bond acceptors (Lipinski definition) is 3. The summed E-state index contributed by atoms with van der Waals surface area (Å²) < 4.78 is 3.86. The van der Waals surface area contributed by atoms with E-state index in [-0.39, 0.29) is 5.38 Å². The third kappa shape index (κ3) is 1.62. The van der Waals surface area contributed by atoms with Crippen LogP contribution in [0.4, 0.5) is 0 Å². The van der Waals surface area contributed by atoms with E-state index in [1.54, 1.807) is 0 Å². The van der Waals surface area contributed by atoms with Crippen LogP contribution in [-0.4, -0.2) is 15.0 Å². The van der Waals surface area contributed by atoms with E-state index in [9.17, 15) is 0 Å². The Morgan fingerprint density at radius 2 is 2.25 bits per heavy atom. The molecule has 1 aliphatic carbocycles. The van der Waals surface area contributed by atoms with Gasteiger partial charge in [0.15, 0.2) is 0 Å². The normalized spacial score (nSPS) is 30.4. The highest BCUT2D eigenvalue weighted by Crippen LogP contribution is 2.35.